The second-order valence-electron chi connectivity index (χ2n) is 3.09. The fraction of sp³-hybridized carbons (Fsp3) is 0. The van der Waals surface area contributed by atoms with Gasteiger partial charge in [0.2, 0.25) is 5.95 Å². The molecule has 0 spiro atoms. The van der Waals surface area contributed by atoms with Crippen molar-refractivity contribution in [2.75, 3.05) is 11.1 Å². The molecule has 3 N–H and O–H groups in total. The molecule has 6 heteroatoms. The minimum atomic E-state index is -0.432. The molecule has 0 aliphatic rings. The highest BCUT2D eigenvalue weighted by Crippen LogP contribution is 2.20. The molecule has 2 rings (SSSR count). The average Bonchev–Trinajstić information content (AvgIpc) is 2.15. The third kappa shape index (κ3) is 2.58. The summed E-state index contributed by atoms with van der Waals surface area (Å²) in [6, 6.07) is 5.63. The predicted molar refractivity (Wildman–Crippen MR) is 61.1 cm³/mol. The summed E-state index contributed by atoms with van der Waals surface area (Å²) < 4.78 is 13.0. The van der Waals surface area contributed by atoms with Crippen molar-refractivity contribution in [2.45, 2.75) is 0 Å². The number of benzene rings is 1. The molecular weight excluding hydrogens is 231 g/mol. The minimum Gasteiger partial charge on any atom is -0.384 e. The number of anilines is 3. The summed E-state index contributed by atoms with van der Waals surface area (Å²) in [7, 11) is 0. The van der Waals surface area contributed by atoms with Gasteiger partial charge < -0.3 is 11.1 Å². The van der Waals surface area contributed by atoms with E-state index < -0.39 is 5.82 Å². The molecule has 1 aromatic heterocycles. The van der Waals surface area contributed by atoms with Crippen molar-refractivity contribution in [3.63, 3.8) is 0 Å². The van der Waals surface area contributed by atoms with Gasteiger partial charge in [0.25, 0.3) is 0 Å². The van der Waals surface area contributed by atoms with Crippen molar-refractivity contribution in [3.8, 4) is 0 Å². The Morgan fingerprint density at radius 3 is 2.81 bits per heavy atom. The lowest BCUT2D eigenvalue weighted by Crippen LogP contribution is -1.99. The number of halogens is 2. The molecule has 4 nitrogen and oxygen atoms in total. The molecule has 0 bridgehead atoms. The molecule has 2 aromatic rings. The number of aromatic nitrogens is 2. The van der Waals surface area contributed by atoms with Crippen LogP contribution >= 0.6 is 11.6 Å². The summed E-state index contributed by atoms with van der Waals surface area (Å²) in [5.41, 5.74) is 5.95. The van der Waals surface area contributed by atoms with E-state index in [4.69, 9.17) is 17.3 Å². The fourth-order valence-electron chi connectivity index (χ4n) is 1.19. The van der Waals surface area contributed by atoms with E-state index in [2.05, 4.69) is 15.3 Å². The molecule has 0 atom stereocenters. The van der Waals surface area contributed by atoms with Crippen LogP contribution < -0.4 is 11.1 Å². The van der Waals surface area contributed by atoms with Crippen LogP contribution in [-0.2, 0) is 0 Å². The third-order valence-electron chi connectivity index (χ3n) is 1.80. The number of hydrogen-bond acceptors (Lipinski definition) is 4. The first-order valence-electron chi connectivity index (χ1n) is 4.45. The number of nitrogens with zero attached hydrogens (tertiary/aromatic N) is 2. The van der Waals surface area contributed by atoms with Crippen molar-refractivity contribution in [1.82, 2.24) is 9.97 Å². The van der Waals surface area contributed by atoms with Crippen molar-refractivity contribution >= 4 is 29.1 Å². The van der Waals surface area contributed by atoms with Gasteiger partial charge in [-0.05, 0) is 24.3 Å². The first kappa shape index (κ1) is 10.6. The Bertz CT molecular complexity index is 498. The molecule has 0 aliphatic carbocycles. The number of nitrogens with two attached hydrogens (primary N) is 1. The molecule has 1 aromatic carbocycles. The summed E-state index contributed by atoms with van der Waals surface area (Å²) in [6.45, 7) is 0. The zero-order valence-corrected chi connectivity index (χ0v) is 8.87. The Morgan fingerprint density at radius 2 is 2.12 bits per heavy atom. The average molecular weight is 239 g/mol. The first-order chi connectivity index (χ1) is 7.63. The van der Waals surface area contributed by atoms with Crippen molar-refractivity contribution in [1.29, 1.82) is 0 Å². The van der Waals surface area contributed by atoms with Crippen LogP contribution in [0.4, 0.5) is 21.8 Å². The predicted octanol–water partition coefficient (Wildman–Crippen LogP) is 2.59. The Labute approximate surface area is 96.3 Å². The highest BCUT2D eigenvalue weighted by molar-refractivity contribution is 6.30. The second kappa shape index (κ2) is 4.32. The van der Waals surface area contributed by atoms with Gasteiger partial charge in [-0.15, -0.1) is 0 Å². The summed E-state index contributed by atoms with van der Waals surface area (Å²) >= 11 is 5.70. The summed E-state index contributed by atoms with van der Waals surface area (Å²) in [4.78, 5) is 7.84. The van der Waals surface area contributed by atoms with Crippen LogP contribution in [-0.4, -0.2) is 9.97 Å². The smallest absolute Gasteiger partial charge is 0.229 e. The molecule has 0 amide bonds. The monoisotopic (exact) mass is 238 g/mol. The van der Waals surface area contributed by atoms with Crippen LogP contribution in [0.5, 0.6) is 0 Å². The van der Waals surface area contributed by atoms with Gasteiger partial charge in [0.1, 0.15) is 11.6 Å². The van der Waals surface area contributed by atoms with Crippen LogP contribution in [0.15, 0.2) is 30.5 Å². The zero-order valence-electron chi connectivity index (χ0n) is 8.11. The molecule has 0 saturated heterocycles. The Kier molecular flexibility index (Phi) is 2.87. The molecular formula is C10H8ClFN4. The van der Waals surface area contributed by atoms with E-state index >= 15 is 0 Å². The SMILES string of the molecule is Nc1ccnc(Nc2cc(F)cc(Cl)c2)n1. The van der Waals surface area contributed by atoms with Crippen LogP contribution in [0.3, 0.4) is 0 Å². The van der Waals surface area contributed by atoms with Crippen molar-refractivity contribution in [2.24, 2.45) is 0 Å². The van der Waals surface area contributed by atoms with E-state index in [0.29, 0.717) is 22.5 Å². The molecule has 16 heavy (non-hydrogen) atoms. The standard InChI is InChI=1S/C10H8ClFN4/c11-6-3-7(12)5-8(4-6)15-10-14-2-1-9(13)16-10/h1-5H,(H3,13,14,15,16). The summed E-state index contributed by atoms with van der Waals surface area (Å²) in [6.07, 6.45) is 1.51. The highest BCUT2D eigenvalue weighted by Gasteiger charge is 2.01. The van der Waals surface area contributed by atoms with Gasteiger partial charge in [0, 0.05) is 16.9 Å². The highest BCUT2D eigenvalue weighted by atomic mass is 35.5. The maximum atomic E-state index is 13.0. The van der Waals surface area contributed by atoms with E-state index in [0.717, 1.165) is 0 Å². The third-order valence-corrected chi connectivity index (χ3v) is 2.01. The molecule has 0 radical (unpaired) electrons. The molecule has 0 aliphatic heterocycles. The molecule has 0 fully saturated rings. The van der Waals surface area contributed by atoms with Gasteiger partial charge in [-0.1, -0.05) is 11.6 Å². The number of rotatable bonds is 2. The number of nitrogen functional groups attached to an aromatic ring is 1. The van der Waals surface area contributed by atoms with Crippen LogP contribution in [0.25, 0.3) is 0 Å². The van der Waals surface area contributed by atoms with Gasteiger partial charge in [0.05, 0.1) is 0 Å². The van der Waals surface area contributed by atoms with E-state index in [9.17, 15) is 4.39 Å². The maximum absolute atomic E-state index is 13.0. The summed E-state index contributed by atoms with van der Waals surface area (Å²) in [5.74, 6) is 0.195. The molecule has 0 saturated carbocycles. The van der Waals surface area contributed by atoms with Gasteiger partial charge in [-0.3, -0.25) is 0 Å². The minimum absolute atomic E-state index is 0.293. The number of hydrogen-bond donors (Lipinski definition) is 2. The Hall–Kier alpha value is -1.88. The van der Waals surface area contributed by atoms with Gasteiger partial charge >= 0.3 is 0 Å². The maximum Gasteiger partial charge on any atom is 0.229 e. The van der Waals surface area contributed by atoms with Gasteiger partial charge in [-0.2, -0.15) is 4.98 Å². The van der Waals surface area contributed by atoms with Gasteiger partial charge in [0.15, 0.2) is 0 Å². The second-order valence-corrected chi connectivity index (χ2v) is 3.52. The lowest BCUT2D eigenvalue weighted by molar-refractivity contribution is 0.628. The van der Waals surface area contributed by atoms with Crippen molar-refractivity contribution < 1.29 is 4.39 Å². The van der Waals surface area contributed by atoms with E-state index in [1.54, 1.807) is 12.1 Å². The molecule has 82 valence electrons. The Morgan fingerprint density at radius 1 is 1.31 bits per heavy atom. The van der Waals surface area contributed by atoms with Crippen LogP contribution in [0.1, 0.15) is 0 Å². The topological polar surface area (TPSA) is 63.8 Å². The fourth-order valence-corrected chi connectivity index (χ4v) is 1.41. The van der Waals surface area contributed by atoms with Gasteiger partial charge in [-0.25, -0.2) is 9.37 Å². The Balaban J connectivity index is 2.27. The van der Waals surface area contributed by atoms with E-state index in [-0.39, 0.29) is 0 Å². The first-order valence-corrected chi connectivity index (χ1v) is 4.83. The molecule has 1 heterocycles. The quantitative estimate of drug-likeness (QED) is 0.844. The lowest BCUT2D eigenvalue weighted by Gasteiger charge is -2.05. The molecule has 0 unspecified atom stereocenters. The normalized spacial score (nSPS) is 10.1. The lowest BCUT2D eigenvalue weighted by atomic mass is 10.3. The van der Waals surface area contributed by atoms with E-state index in [1.807, 2.05) is 0 Å². The van der Waals surface area contributed by atoms with Crippen molar-refractivity contribution in [3.05, 3.63) is 41.3 Å². The van der Waals surface area contributed by atoms with Crippen LogP contribution in [0, 0.1) is 5.82 Å². The zero-order chi connectivity index (χ0) is 11.5. The number of nitrogens with one attached hydrogen (secondary N) is 1. The van der Waals surface area contributed by atoms with Crippen LogP contribution in [0.2, 0.25) is 5.02 Å². The van der Waals surface area contributed by atoms with E-state index in [1.165, 1.54) is 18.3 Å². The largest absolute Gasteiger partial charge is 0.384 e. The summed E-state index contributed by atoms with van der Waals surface area (Å²) in [5, 5.41) is 3.10.